The standard InChI is InChI=1S/C16H28S.C16H27S.3CH3.Sn/c2*1-2-3-4-5-6-7-8-9-10-11-12-16-13-14-17-15-16;;;;/h13-15H,2-12H2,1H3;13,15H,2-12H2,1H3;3*1H3;. The molecule has 0 N–H and O–H groups in total. The number of unbranched alkanes of at least 4 members (excludes halogenated alkanes) is 18. The molecule has 0 aliphatic heterocycles. The van der Waals surface area contributed by atoms with Gasteiger partial charge in [0.15, 0.2) is 0 Å². The van der Waals surface area contributed by atoms with Crippen LogP contribution in [-0.4, -0.2) is 18.4 Å². The summed E-state index contributed by atoms with van der Waals surface area (Å²) in [6, 6.07) is 4.78. The fraction of sp³-hybridized carbons (Fsp3) is 0.771. The van der Waals surface area contributed by atoms with Crippen molar-refractivity contribution in [1.29, 1.82) is 0 Å². The van der Waals surface area contributed by atoms with Crippen molar-refractivity contribution in [3.63, 3.8) is 0 Å². The molecule has 0 saturated heterocycles. The third kappa shape index (κ3) is 21.0. The Hall–Kier alpha value is 0.199. The number of hydrogen-bond acceptors (Lipinski definition) is 2. The molecule has 0 bridgehead atoms. The van der Waals surface area contributed by atoms with Gasteiger partial charge < -0.3 is 0 Å². The monoisotopic (exact) mass is 668 g/mol. The van der Waals surface area contributed by atoms with E-state index in [2.05, 4.69) is 56.9 Å². The van der Waals surface area contributed by atoms with Gasteiger partial charge in [-0.2, -0.15) is 11.3 Å². The molecule has 3 heteroatoms. The van der Waals surface area contributed by atoms with Crippen molar-refractivity contribution in [1.82, 2.24) is 0 Å². The van der Waals surface area contributed by atoms with Crippen molar-refractivity contribution in [3.8, 4) is 0 Å². The van der Waals surface area contributed by atoms with Crippen LogP contribution < -0.4 is 2.89 Å². The first-order valence-electron chi connectivity index (χ1n) is 16.6. The average molecular weight is 668 g/mol. The van der Waals surface area contributed by atoms with Crippen LogP contribution in [0.25, 0.3) is 0 Å². The predicted octanol–water partition coefficient (Wildman–Crippen LogP) is 13.0. The van der Waals surface area contributed by atoms with Crippen LogP contribution in [0.4, 0.5) is 0 Å². The average Bonchev–Trinajstić information content (AvgIpc) is 3.59. The van der Waals surface area contributed by atoms with Gasteiger partial charge in [0.25, 0.3) is 0 Å². The molecule has 2 aromatic heterocycles. The first kappa shape index (κ1) is 36.2. The molecule has 0 amide bonds. The zero-order valence-electron chi connectivity index (χ0n) is 26.3. The van der Waals surface area contributed by atoms with Gasteiger partial charge in [-0.25, -0.2) is 0 Å². The summed E-state index contributed by atoms with van der Waals surface area (Å²) >= 11 is 2.07. The molecular weight excluding hydrogens is 603 g/mol. The van der Waals surface area contributed by atoms with Crippen molar-refractivity contribution in [2.45, 2.75) is 170 Å². The Morgan fingerprint density at radius 3 is 1.32 bits per heavy atom. The maximum absolute atomic E-state index is 2.52. The van der Waals surface area contributed by atoms with Gasteiger partial charge in [-0.3, -0.25) is 0 Å². The molecule has 2 rings (SSSR count). The molecule has 2 aromatic rings. The molecule has 0 nitrogen and oxygen atoms in total. The zero-order chi connectivity index (χ0) is 27.7. The van der Waals surface area contributed by atoms with Crippen LogP contribution in [0.15, 0.2) is 28.3 Å². The van der Waals surface area contributed by atoms with Crippen LogP contribution in [0.3, 0.4) is 0 Å². The van der Waals surface area contributed by atoms with Crippen LogP contribution in [0.5, 0.6) is 0 Å². The van der Waals surface area contributed by atoms with Crippen molar-refractivity contribution in [3.05, 3.63) is 39.4 Å². The van der Waals surface area contributed by atoms with Crippen molar-refractivity contribution in [2.75, 3.05) is 0 Å². The molecule has 0 spiro atoms. The maximum atomic E-state index is 2.52. The Morgan fingerprint density at radius 2 is 0.947 bits per heavy atom. The third-order valence-corrected chi connectivity index (χ3v) is 18.9. The van der Waals surface area contributed by atoms with E-state index >= 15 is 0 Å². The SMILES string of the molecule is CCCCCCCCCCCCc1ccsc1.CCCCCCCCCCCCc1cs[c]([Sn]([CH3])([CH3])[CH3])c1. The fourth-order valence-corrected chi connectivity index (χ4v) is 12.0. The second kappa shape index (κ2) is 25.0. The first-order valence-corrected chi connectivity index (χ1v) is 28.4. The summed E-state index contributed by atoms with van der Waals surface area (Å²) < 4.78 is 1.74. The summed E-state index contributed by atoms with van der Waals surface area (Å²) in [6.45, 7) is 4.58. The van der Waals surface area contributed by atoms with Gasteiger partial charge in [0.05, 0.1) is 0 Å². The summed E-state index contributed by atoms with van der Waals surface area (Å²) in [5.41, 5.74) is 3.15. The Kier molecular flexibility index (Phi) is 23.8. The van der Waals surface area contributed by atoms with Crippen molar-refractivity contribution >= 4 is 43.9 Å². The van der Waals surface area contributed by atoms with Gasteiger partial charge in [0.2, 0.25) is 0 Å². The molecule has 38 heavy (non-hydrogen) atoms. The molecule has 0 saturated carbocycles. The molecule has 220 valence electrons. The molecular formula is C35H64S2Sn. The van der Waals surface area contributed by atoms with E-state index in [9.17, 15) is 0 Å². The summed E-state index contributed by atoms with van der Waals surface area (Å²) in [7, 11) is 0. The van der Waals surface area contributed by atoms with E-state index in [1.807, 2.05) is 22.7 Å². The van der Waals surface area contributed by atoms with E-state index in [-0.39, 0.29) is 0 Å². The van der Waals surface area contributed by atoms with E-state index in [4.69, 9.17) is 0 Å². The molecule has 0 aromatic carbocycles. The Labute approximate surface area is 251 Å². The van der Waals surface area contributed by atoms with E-state index in [1.165, 1.54) is 147 Å². The molecule has 0 fully saturated rings. The van der Waals surface area contributed by atoms with E-state index < -0.39 is 18.4 Å². The first-order chi connectivity index (χ1) is 18.5. The Bertz CT molecular complexity index is 725. The Balaban J connectivity index is 0.000000389. The van der Waals surface area contributed by atoms with Crippen LogP contribution in [-0.2, 0) is 12.8 Å². The molecule has 0 atom stereocenters. The van der Waals surface area contributed by atoms with Crippen LogP contribution in [0.2, 0.25) is 14.8 Å². The van der Waals surface area contributed by atoms with Crippen LogP contribution in [0.1, 0.15) is 153 Å². The van der Waals surface area contributed by atoms with Gasteiger partial charge in [0, 0.05) is 0 Å². The summed E-state index contributed by atoms with van der Waals surface area (Å²) in [5, 5.41) is 6.89. The topological polar surface area (TPSA) is 0 Å². The number of aryl methyl sites for hydroxylation is 2. The second-order valence-corrected chi connectivity index (χ2v) is 29.7. The van der Waals surface area contributed by atoms with Crippen LogP contribution in [0, 0.1) is 0 Å². The van der Waals surface area contributed by atoms with E-state index in [0.717, 1.165) is 0 Å². The van der Waals surface area contributed by atoms with Gasteiger partial charge >= 0.3 is 122 Å². The van der Waals surface area contributed by atoms with Gasteiger partial charge in [-0.05, 0) is 35.2 Å². The van der Waals surface area contributed by atoms with Gasteiger partial charge in [-0.1, -0.05) is 84.5 Å². The quantitative estimate of drug-likeness (QED) is 0.0817. The number of thiophene rings is 2. The summed E-state index contributed by atoms with van der Waals surface area (Å²) in [5.74, 6) is 0. The predicted molar refractivity (Wildman–Crippen MR) is 183 cm³/mol. The number of hydrogen-bond donors (Lipinski definition) is 0. The van der Waals surface area contributed by atoms with Gasteiger partial charge in [0.1, 0.15) is 0 Å². The molecule has 0 unspecified atom stereocenters. The van der Waals surface area contributed by atoms with Crippen molar-refractivity contribution in [2.24, 2.45) is 0 Å². The minimum absolute atomic E-state index is 1.29. The third-order valence-electron chi connectivity index (χ3n) is 7.61. The zero-order valence-corrected chi connectivity index (χ0v) is 30.7. The minimum atomic E-state index is -1.79. The molecule has 0 radical (unpaired) electrons. The molecule has 0 aliphatic rings. The number of rotatable bonds is 23. The summed E-state index contributed by atoms with van der Waals surface area (Å²) in [6.07, 6.45) is 31.3. The fourth-order valence-electron chi connectivity index (χ4n) is 4.97. The summed E-state index contributed by atoms with van der Waals surface area (Å²) in [4.78, 5) is 7.56. The van der Waals surface area contributed by atoms with Crippen LogP contribution >= 0.6 is 22.7 Å². The normalized spacial score (nSPS) is 11.5. The Morgan fingerprint density at radius 1 is 0.526 bits per heavy atom. The van der Waals surface area contributed by atoms with Crippen molar-refractivity contribution < 1.29 is 0 Å². The van der Waals surface area contributed by atoms with E-state index in [1.54, 1.807) is 8.46 Å². The van der Waals surface area contributed by atoms with E-state index in [0.29, 0.717) is 0 Å². The van der Waals surface area contributed by atoms with Gasteiger partial charge in [-0.15, -0.1) is 0 Å². The molecule has 0 aliphatic carbocycles. The molecule has 2 heterocycles. The second-order valence-electron chi connectivity index (χ2n) is 12.6.